The first-order valence-corrected chi connectivity index (χ1v) is 8.41. The van der Waals surface area contributed by atoms with Crippen LogP contribution in [0.4, 0.5) is 0 Å². The van der Waals surface area contributed by atoms with Gasteiger partial charge in [0, 0.05) is 37.0 Å². The molecule has 1 aromatic heterocycles. The highest BCUT2D eigenvalue weighted by Crippen LogP contribution is 2.28. The molecule has 0 aliphatic carbocycles. The lowest BCUT2D eigenvalue weighted by atomic mass is 10.1. The van der Waals surface area contributed by atoms with E-state index < -0.39 is 10.0 Å². The van der Waals surface area contributed by atoms with Crippen molar-refractivity contribution in [2.24, 2.45) is 0 Å². The molecule has 106 valence electrons. The number of hydrogen-bond donors (Lipinski definition) is 0. The van der Waals surface area contributed by atoms with E-state index in [-0.39, 0.29) is 16.1 Å². The molecule has 0 spiro atoms. The average molecular weight is 370 g/mol. The van der Waals surface area contributed by atoms with Crippen molar-refractivity contribution in [2.45, 2.75) is 23.8 Å². The monoisotopic (exact) mass is 368 g/mol. The van der Waals surface area contributed by atoms with Gasteiger partial charge in [0.25, 0.3) is 0 Å². The summed E-state index contributed by atoms with van der Waals surface area (Å²) in [6, 6.07) is 1.41. The van der Waals surface area contributed by atoms with Crippen LogP contribution in [0.15, 0.2) is 21.6 Å². The van der Waals surface area contributed by atoms with Crippen molar-refractivity contribution >= 4 is 37.6 Å². The standard InChI is InChI=1S/C11H14BrClN2O3S/c1-15(9-2-4-18-5-3-9)19(16,17)10-6-8(12)7-14-11(10)13/h6-7,9H,2-5H2,1H3. The number of halogens is 2. The normalized spacial score (nSPS) is 17.9. The van der Waals surface area contributed by atoms with Gasteiger partial charge in [-0.15, -0.1) is 0 Å². The highest BCUT2D eigenvalue weighted by Gasteiger charge is 2.31. The van der Waals surface area contributed by atoms with E-state index in [1.165, 1.54) is 16.6 Å². The summed E-state index contributed by atoms with van der Waals surface area (Å²) < 4.78 is 32.3. The first kappa shape index (κ1) is 15.2. The second-order valence-electron chi connectivity index (χ2n) is 4.31. The third-order valence-corrected chi connectivity index (χ3v) is 5.91. The topological polar surface area (TPSA) is 59.5 Å². The molecule has 0 saturated carbocycles. The van der Waals surface area contributed by atoms with Crippen LogP contribution in [-0.4, -0.2) is 44.0 Å². The molecule has 2 heterocycles. The molecular formula is C11H14BrClN2O3S. The van der Waals surface area contributed by atoms with Crippen LogP contribution in [0.1, 0.15) is 12.8 Å². The number of ether oxygens (including phenoxy) is 1. The van der Waals surface area contributed by atoms with E-state index in [1.807, 2.05) is 0 Å². The van der Waals surface area contributed by atoms with Crippen molar-refractivity contribution < 1.29 is 13.2 Å². The van der Waals surface area contributed by atoms with Crippen LogP contribution in [0.2, 0.25) is 5.15 Å². The molecule has 0 atom stereocenters. The molecule has 5 nitrogen and oxygen atoms in total. The zero-order chi connectivity index (χ0) is 14.0. The fourth-order valence-electron chi connectivity index (χ4n) is 1.99. The highest BCUT2D eigenvalue weighted by molar-refractivity contribution is 9.10. The SMILES string of the molecule is CN(C1CCOCC1)S(=O)(=O)c1cc(Br)cnc1Cl. The number of rotatable bonds is 3. The first-order chi connectivity index (χ1) is 8.93. The summed E-state index contributed by atoms with van der Waals surface area (Å²) in [5.74, 6) is 0. The van der Waals surface area contributed by atoms with Crippen LogP contribution in [0, 0.1) is 0 Å². The van der Waals surface area contributed by atoms with Gasteiger partial charge < -0.3 is 4.74 Å². The molecule has 1 aromatic rings. The van der Waals surface area contributed by atoms with Crippen LogP contribution in [-0.2, 0) is 14.8 Å². The molecule has 0 bridgehead atoms. The fourth-order valence-corrected chi connectivity index (χ4v) is 4.32. The first-order valence-electron chi connectivity index (χ1n) is 5.80. The van der Waals surface area contributed by atoms with E-state index in [0.29, 0.717) is 30.5 Å². The van der Waals surface area contributed by atoms with Gasteiger partial charge in [0.15, 0.2) is 0 Å². The van der Waals surface area contributed by atoms with E-state index >= 15 is 0 Å². The summed E-state index contributed by atoms with van der Waals surface area (Å²) >= 11 is 9.11. The van der Waals surface area contributed by atoms with Gasteiger partial charge in [-0.3, -0.25) is 0 Å². The maximum atomic E-state index is 12.5. The smallest absolute Gasteiger partial charge is 0.246 e. The minimum atomic E-state index is -3.64. The zero-order valence-electron chi connectivity index (χ0n) is 10.3. The maximum absolute atomic E-state index is 12.5. The molecular weight excluding hydrogens is 356 g/mol. The van der Waals surface area contributed by atoms with E-state index in [4.69, 9.17) is 16.3 Å². The molecule has 8 heteroatoms. The molecule has 1 aliphatic heterocycles. The second kappa shape index (κ2) is 6.05. The molecule has 2 rings (SSSR count). The summed E-state index contributed by atoms with van der Waals surface area (Å²) in [5, 5.41) is -0.0119. The fraction of sp³-hybridized carbons (Fsp3) is 0.545. The molecule has 0 aromatic carbocycles. The van der Waals surface area contributed by atoms with Gasteiger partial charge in [-0.05, 0) is 34.8 Å². The third kappa shape index (κ3) is 3.28. The predicted octanol–water partition coefficient (Wildman–Crippen LogP) is 2.30. The van der Waals surface area contributed by atoms with Crippen molar-refractivity contribution in [3.8, 4) is 0 Å². The Balaban J connectivity index is 2.33. The number of pyridine rings is 1. The van der Waals surface area contributed by atoms with Crippen molar-refractivity contribution in [3.05, 3.63) is 21.9 Å². The predicted molar refractivity (Wildman–Crippen MR) is 75.7 cm³/mol. The zero-order valence-corrected chi connectivity index (χ0v) is 13.5. The van der Waals surface area contributed by atoms with Crippen molar-refractivity contribution in [2.75, 3.05) is 20.3 Å². The van der Waals surface area contributed by atoms with Gasteiger partial charge >= 0.3 is 0 Å². The van der Waals surface area contributed by atoms with Gasteiger partial charge in [-0.1, -0.05) is 11.6 Å². The highest BCUT2D eigenvalue weighted by atomic mass is 79.9. The van der Waals surface area contributed by atoms with E-state index in [9.17, 15) is 8.42 Å². The Morgan fingerprint density at radius 1 is 1.47 bits per heavy atom. The third-order valence-electron chi connectivity index (χ3n) is 3.14. The Morgan fingerprint density at radius 3 is 2.74 bits per heavy atom. The van der Waals surface area contributed by atoms with Crippen LogP contribution >= 0.6 is 27.5 Å². The van der Waals surface area contributed by atoms with Crippen LogP contribution < -0.4 is 0 Å². The Hall–Kier alpha value is -0.210. The van der Waals surface area contributed by atoms with E-state index in [2.05, 4.69) is 20.9 Å². The molecule has 0 radical (unpaired) electrons. The van der Waals surface area contributed by atoms with Gasteiger partial charge in [0.05, 0.1) is 0 Å². The Labute approximate surface area is 126 Å². The Kier molecular flexibility index (Phi) is 4.84. The summed E-state index contributed by atoms with van der Waals surface area (Å²) in [6.07, 6.45) is 2.85. The summed E-state index contributed by atoms with van der Waals surface area (Å²) in [6.45, 7) is 1.16. The molecule has 0 amide bonds. The van der Waals surface area contributed by atoms with Crippen molar-refractivity contribution in [1.29, 1.82) is 0 Å². The number of sulfonamides is 1. The minimum Gasteiger partial charge on any atom is -0.381 e. The van der Waals surface area contributed by atoms with Gasteiger partial charge in [0.1, 0.15) is 10.0 Å². The number of nitrogens with zero attached hydrogens (tertiary/aromatic N) is 2. The Bertz CT molecular complexity index is 561. The average Bonchev–Trinajstić information content (AvgIpc) is 2.41. The molecule has 0 unspecified atom stereocenters. The number of aromatic nitrogens is 1. The molecule has 1 fully saturated rings. The quantitative estimate of drug-likeness (QED) is 0.767. The summed E-state index contributed by atoms with van der Waals surface area (Å²) in [4.78, 5) is 3.89. The minimum absolute atomic E-state index is 0.0119. The van der Waals surface area contributed by atoms with Crippen LogP contribution in [0.3, 0.4) is 0 Å². The summed E-state index contributed by atoms with van der Waals surface area (Å²) in [5.41, 5.74) is 0. The summed E-state index contributed by atoms with van der Waals surface area (Å²) in [7, 11) is -2.07. The second-order valence-corrected chi connectivity index (χ2v) is 7.55. The lowest BCUT2D eigenvalue weighted by Crippen LogP contribution is -2.40. The van der Waals surface area contributed by atoms with E-state index in [0.717, 1.165) is 0 Å². The van der Waals surface area contributed by atoms with Crippen LogP contribution in [0.25, 0.3) is 0 Å². The maximum Gasteiger partial charge on any atom is 0.246 e. The lowest BCUT2D eigenvalue weighted by Gasteiger charge is -2.30. The lowest BCUT2D eigenvalue weighted by molar-refractivity contribution is 0.0632. The van der Waals surface area contributed by atoms with Gasteiger partial charge in [-0.2, -0.15) is 4.31 Å². The molecule has 1 saturated heterocycles. The van der Waals surface area contributed by atoms with Gasteiger partial charge in [-0.25, -0.2) is 13.4 Å². The Morgan fingerprint density at radius 2 is 2.11 bits per heavy atom. The van der Waals surface area contributed by atoms with Crippen molar-refractivity contribution in [3.63, 3.8) is 0 Å². The van der Waals surface area contributed by atoms with Gasteiger partial charge in [0.2, 0.25) is 10.0 Å². The van der Waals surface area contributed by atoms with Crippen LogP contribution in [0.5, 0.6) is 0 Å². The van der Waals surface area contributed by atoms with Crippen molar-refractivity contribution in [1.82, 2.24) is 9.29 Å². The molecule has 1 aliphatic rings. The van der Waals surface area contributed by atoms with E-state index in [1.54, 1.807) is 7.05 Å². The molecule has 19 heavy (non-hydrogen) atoms. The number of hydrogen-bond acceptors (Lipinski definition) is 4. The largest absolute Gasteiger partial charge is 0.381 e. The molecule has 0 N–H and O–H groups in total.